The maximum absolute atomic E-state index is 12.7. The summed E-state index contributed by atoms with van der Waals surface area (Å²) in [6.45, 7) is 4.12. The van der Waals surface area contributed by atoms with Crippen molar-refractivity contribution in [3.05, 3.63) is 71.1 Å². The van der Waals surface area contributed by atoms with Crippen molar-refractivity contribution in [2.45, 2.75) is 25.3 Å². The van der Waals surface area contributed by atoms with E-state index in [1.165, 1.54) is 11.8 Å². The molecule has 29 heavy (non-hydrogen) atoms. The molecule has 0 aliphatic heterocycles. The number of nitrogens with zero attached hydrogens (tertiary/aromatic N) is 2. The van der Waals surface area contributed by atoms with Gasteiger partial charge >= 0.3 is 0 Å². The molecule has 0 saturated heterocycles. The lowest BCUT2D eigenvalue weighted by Gasteiger charge is -2.13. The fourth-order valence-corrected chi connectivity index (χ4v) is 4.66. The van der Waals surface area contributed by atoms with Gasteiger partial charge in [0.25, 0.3) is 0 Å². The summed E-state index contributed by atoms with van der Waals surface area (Å²) in [5.41, 5.74) is 4.04. The molecule has 0 atom stereocenters. The van der Waals surface area contributed by atoms with Crippen LogP contribution >= 0.6 is 23.1 Å². The summed E-state index contributed by atoms with van der Waals surface area (Å²) in [7, 11) is 0. The molecule has 0 spiro atoms. The van der Waals surface area contributed by atoms with Crippen molar-refractivity contribution in [2.24, 2.45) is 0 Å². The lowest BCUT2D eigenvalue weighted by Crippen LogP contribution is -2.16. The molecule has 1 amide bonds. The lowest BCUT2D eigenvalue weighted by molar-refractivity contribution is -0.113. The second-order valence-corrected chi connectivity index (χ2v) is 8.56. The Morgan fingerprint density at radius 1 is 1.07 bits per heavy atom. The summed E-state index contributed by atoms with van der Waals surface area (Å²) in [6, 6.07) is 18.0. The SMILES string of the molecule is CCc1cccc(C)c1NC(=O)CSc1nc(-c2cccs2)nc2ccccc12. The Morgan fingerprint density at radius 3 is 2.72 bits per heavy atom. The summed E-state index contributed by atoms with van der Waals surface area (Å²) < 4.78 is 0. The number of hydrogen-bond donors (Lipinski definition) is 1. The van der Waals surface area contributed by atoms with Gasteiger partial charge in [0.1, 0.15) is 5.03 Å². The first-order valence-corrected chi connectivity index (χ1v) is 11.3. The largest absolute Gasteiger partial charge is 0.325 e. The highest BCUT2D eigenvalue weighted by atomic mass is 32.2. The smallest absolute Gasteiger partial charge is 0.234 e. The molecule has 0 unspecified atom stereocenters. The number of amides is 1. The average molecular weight is 420 g/mol. The van der Waals surface area contributed by atoms with Crippen LogP contribution in [0.15, 0.2) is 65.0 Å². The number of carbonyl (C=O) groups excluding carboxylic acids is 1. The van der Waals surface area contributed by atoms with Gasteiger partial charge in [0.05, 0.1) is 16.1 Å². The number of aryl methyl sites for hydroxylation is 2. The molecule has 0 aliphatic carbocycles. The highest BCUT2D eigenvalue weighted by Gasteiger charge is 2.14. The number of fused-ring (bicyclic) bond motifs is 1. The third-order valence-corrected chi connectivity index (χ3v) is 6.51. The molecule has 0 fully saturated rings. The number of hydrogen-bond acceptors (Lipinski definition) is 5. The topological polar surface area (TPSA) is 54.9 Å². The van der Waals surface area contributed by atoms with E-state index in [1.54, 1.807) is 11.3 Å². The van der Waals surface area contributed by atoms with Crippen LogP contribution in [-0.4, -0.2) is 21.6 Å². The van der Waals surface area contributed by atoms with Crippen molar-refractivity contribution in [2.75, 3.05) is 11.1 Å². The van der Waals surface area contributed by atoms with Gasteiger partial charge in [0, 0.05) is 11.1 Å². The highest BCUT2D eigenvalue weighted by Crippen LogP contribution is 2.30. The molecular formula is C23H21N3OS2. The number of nitrogens with one attached hydrogen (secondary N) is 1. The monoisotopic (exact) mass is 419 g/mol. The van der Waals surface area contributed by atoms with Crippen molar-refractivity contribution < 1.29 is 4.79 Å². The zero-order valence-electron chi connectivity index (χ0n) is 16.3. The first-order valence-electron chi connectivity index (χ1n) is 9.47. The van der Waals surface area contributed by atoms with Gasteiger partial charge in [-0.15, -0.1) is 11.3 Å². The molecule has 6 heteroatoms. The maximum atomic E-state index is 12.7. The Kier molecular flexibility index (Phi) is 5.92. The normalized spacial score (nSPS) is 11.0. The fraction of sp³-hybridized carbons (Fsp3) is 0.174. The summed E-state index contributed by atoms with van der Waals surface area (Å²) in [6.07, 6.45) is 0.880. The summed E-state index contributed by atoms with van der Waals surface area (Å²) in [5.74, 6) is 0.968. The second kappa shape index (κ2) is 8.76. The minimum Gasteiger partial charge on any atom is -0.325 e. The summed E-state index contributed by atoms with van der Waals surface area (Å²) >= 11 is 3.06. The van der Waals surface area contributed by atoms with Gasteiger partial charge in [-0.05, 0) is 42.0 Å². The number of thiophene rings is 1. The number of aromatic nitrogens is 2. The van der Waals surface area contributed by atoms with Gasteiger partial charge in [-0.25, -0.2) is 9.97 Å². The van der Waals surface area contributed by atoms with Gasteiger partial charge in [-0.2, -0.15) is 0 Å². The molecular weight excluding hydrogens is 398 g/mol. The Balaban J connectivity index is 1.57. The molecule has 1 N–H and O–H groups in total. The van der Waals surface area contributed by atoms with E-state index in [2.05, 4.69) is 18.3 Å². The highest BCUT2D eigenvalue weighted by molar-refractivity contribution is 8.00. The molecule has 0 aliphatic rings. The van der Waals surface area contributed by atoms with Gasteiger partial charge in [-0.1, -0.05) is 61.2 Å². The van der Waals surface area contributed by atoms with E-state index < -0.39 is 0 Å². The van der Waals surface area contributed by atoms with Crippen molar-refractivity contribution >= 4 is 45.6 Å². The first-order chi connectivity index (χ1) is 14.2. The van der Waals surface area contributed by atoms with E-state index in [-0.39, 0.29) is 5.91 Å². The third-order valence-electron chi connectivity index (χ3n) is 4.65. The Morgan fingerprint density at radius 2 is 1.93 bits per heavy atom. The standard InChI is InChI=1S/C23H21N3OS2/c1-3-16-9-6-8-15(2)21(16)25-20(27)14-29-23-17-10-4-5-11-18(17)24-22(26-23)19-12-7-13-28-19/h4-13H,3,14H2,1-2H3,(H,25,27). The van der Waals surface area contributed by atoms with E-state index in [4.69, 9.17) is 9.97 Å². The second-order valence-electron chi connectivity index (χ2n) is 6.65. The lowest BCUT2D eigenvalue weighted by atomic mass is 10.1. The number of carbonyl (C=O) groups is 1. The molecule has 0 radical (unpaired) electrons. The van der Waals surface area contributed by atoms with E-state index in [0.717, 1.165) is 44.0 Å². The summed E-state index contributed by atoms with van der Waals surface area (Å²) in [5, 5.41) is 6.90. The van der Waals surface area contributed by atoms with Crippen LogP contribution in [0.2, 0.25) is 0 Å². The number of anilines is 1. The van der Waals surface area contributed by atoms with Crippen LogP contribution in [0.3, 0.4) is 0 Å². The van der Waals surface area contributed by atoms with E-state index in [1.807, 2.05) is 60.8 Å². The molecule has 146 valence electrons. The van der Waals surface area contributed by atoms with Crippen LogP contribution in [-0.2, 0) is 11.2 Å². The Labute approximate surface area is 178 Å². The van der Waals surface area contributed by atoms with Crippen molar-refractivity contribution in [3.8, 4) is 10.7 Å². The van der Waals surface area contributed by atoms with Crippen LogP contribution < -0.4 is 5.32 Å². The van der Waals surface area contributed by atoms with Gasteiger partial charge in [-0.3, -0.25) is 4.79 Å². The molecule has 2 aromatic heterocycles. The number of benzene rings is 2. The summed E-state index contributed by atoms with van der Waals surface area (Å²) in [4.78, 5) is 23.2. The first kappa shape index (κ1) is 19.6. The van der Waals surface area contributed by atoms with E-state index in [9.17, 15) is 4.79 Å². The molecule has 4 rings (SSSR count). The molecule has 4 aromatic rings. The van der Waals surface area contributed by atoms with Crippen molar-refractivity contribution in [1.29, 1.82) is 0 Å². The predicted molar refractivity (Wildman–Crippen MR) is 123 cm³/mol. The molecule has 4 nitrogen and oxygen atoms in total. The Bertz CT molecular complexity index is 1160. The number of thioether (sulfide) groups is 1. The average Bonchev–Trinajstić information content (AvgIpc) is 3.28. The van der Waals surface area contributed by atoms with Gasteiger partial charge < -0.3 is 5.32 Å². The zero-order valence-corrected chi connectivity index (χ0v) is 17.9. The van der Waals surface area contributed by atoms with Gasteiger partial charge in [0.2, 0.25) is 5.91 Å². The Hall–Kier alpha value is -2.70. The van der Waals surface area contributed by atoms with Crippen LogP contribution in [0.5, 0.6) is 0 Å². The number of para-hydroxylation sites is 2. The van der Waals surface area contributed by atoms with E-state index >= 15 is 0 Å². The van der Waals surface area contributed by atoms with Crippen LogP contribution in [0.25, 0.3) is 21.6 Å². The van der Waals surface area contributed by atoms with Crippen LogP contribution in [0.1, 0.15) is 18.1 Å². The van der Waals surface area contributed by atoms with Gasteiger partial charge in [0.15, 0.2) is 5.82 Å². The predicted octanol–water partition coefficient (Wildman–Crippen LogP) is 5.96. The minimum atomic E-state index is -0.0284. The molecule has 0 bridgehead atoms. The van der Waals surface area contributed by atoms with E-state index in [0.29, 0.717) is 11.6 Å². The van der Waals surface area contributed by atoms with Crippen LogP contribution in [0, 0.1) is 6.92 Å². The molecule has 2 heterocycles. The maximum Gasteiger partial charge on any atom is 0.234 e. The minimum absolute atomic E-state index is 0.0284. The van der Waals surface area contributed by atoms with Crippen molar-refractivity contribution in [3.63, 3.8) is 0 Å². The molecule has 0 saturated carbocycles. The quantitative estimate of drug-likeness (QED) is 0.309. The van der Waals surface area contributed by atoms with Crippen LogP contribution in [0.4, 0.5) is 5.69 Å². The third kappa shape index (κ3) is 4.33. The van der Waals surface area contributed by atoms with Crippen molar-refractivity contribution in [1.82, 2.24) is 9.97 Å². The number of rotatable bonds is 6. The molecule has 2 aromatic carbocycles. The fourth-order valence-electron chi connectivity index (χ4n) is 3.18. The zero-order chi connectivity index (χ0) is 20.2.